The van der Waals surface area contributed by atoms with E-state index in [1.54, 1.807) is 4.90 Å². The Bertz CT molecular complexity index is 703. The van der Waals surface area contributed by atoms with Crippen molar-refractivity contribution in [1.29, 1.82) is 0 Å². The van der Waals surface area contributed by atoms with E-state index in [9.17, 15) is 14.4 Å². The van der Waals surface area contributed by atoms with E-state index in [-0.39, 0.29) is 17.1 Å². The Morgan fingerprint density at radius 1 is 1.07 bits per heavy atom. The first-order valence-corrected chi connectivity index (χ1v) is 11.5. The van der Waals surface area contributed by atoms with E-state index in [0.717, 1.165) is 32.6 Å². The van der Waals surface area contributed by atoms with Crippen molar-refractivity contribution in [1.82, 2.24) is 20.0 Å². The maximum Gasteiger partial charge on any atom is 0.317 e. The number of carbonyl (C=O) groups is 3. The van der Waals surface area contributed by atoms with Crippen LogP contribution in [0.25, 0.3) is 0 Å². The van der Waals surface area contributed by atoms with E-state index in [1.165, 1.54) is 29.8 Å². The van der Waals surface area contributed by atoms with Gasteiger partial charge in [0.25, 0.3) is 0 Å². The van der Waals surface area contributed by atoms with E-state index < -0.39 is 0 Å². The second-order valence-electron chi connectivity index (χ2n) is 7.73. The summed E-state index contributed by atoms with van der Waals surface area (Å²) >= 11 is 1.22. The zero-order chi connectivity index (χ0) is 21.9. The summed E-state index contributed by atoms with van der Waals surface area (Å²) in [4.78, 5) is 42.1. The summed E-state index contributed by atoms with van der Waals surface area (Å²) in [5.74, 6) is 0.651. The van der Waals surface area contributed by atoms with Gasteiger partial charge in [0.1, 0.15) is 0 Å². The molecule has 0 atom stereocenters. The number of amides is 3. The van der Waals surface area contributed by atoms with Gasteiger partial charge in [0.15, 0.2) is 5.12 Å². The van der Waals surface area contributed by atoms with Gasteiger partial charge in [0.05, 0.1) is 0 Å². The van der Waals surface area contributed by atoms with Gasteiger partial charge in [-0.1, -0.05) is 41.6 Å². The summed E-state index contributed by atoms with van der Waals surface area (Å²) in [5.41, 5.74) is 2.37. The Balaban J connectivity index is 1.80. The summed E-state index contributed by atoms with van der Waals surface area (Å²) in [6, 6.07) is 8.09. The zero-order valence-corrected chi connectivity index (χ0v) is 19.2. The van der Waals surface area contributed by atoms with Crippen LogP contribution in [0.3, 0.4) is 0 Å². The van der Waals surface area contributed by atoms with Crippen LogP contribution in [0.15, 0.2) is 24.3 Å². The molecule has 1 heterocycles. The fraction of sp³-hybridized carbons (Fsp3) is 0.591. The summed E-state index contributed by atoms with van der Waals surface area (Å²) in [5, 5.41) is 2.93. The molecule has 8 heteroatoms. The molecule has 0 aliphatic carbocycles. The van der Waals surface area contributed by atoms with E-state index in [4.69, 9.17) is 0 Å². The molecule has 0 radical (unpaired) electrons. The number of hydrogen-bond donors (Lipinski definition) is 1. The second-order valence-corrected chi connectivity index (χ2v) is 9.00. The molecule has 3 amide bonds. The van der Waals surface area contributed by atoms with Crippen molar-refractivity contribution in [2.45, 2.75) is 26.7 Å². The van der Waals surface area contributed by atoms with Crippen molar-refractivity contribution < 1.29 is 14.4 Å². The molecule has 0 saturated carbocycles. The van der Waals surface area contributed by atoms with Crippen LogP contribution in [0.4, 0.5) is 4.79 Å². The number of aryl methyl sites for hydroxylation is 1. The maximum absolute atomic E-state index is 12.7. The lowest BCUT2D eigenvalue weighted by molar-refractivity contribution is -0.132. The number of hydrogen-bond acceptors (Lipinski definition) is 5. The Hall–Kier alpha value is -2.06. The molecule has 1 aliphatic rings. The van der Waals surface area contributed by atoms with Crippen LogP contribution in [0.5, 0.6) is 0 Å². The molecule has 0 unspecified atom stereocenters. The van der Waals surface area contributed by atoms with Crippen molar-refractivity contribution in [2.75, 3.05) is 58.6 Å². The molecular formula is C22H34N4O3S. The van der Waals surface area contributed by atoms with Crippen molar-refractivity contribution in [2.24, 2.45) is 0 Å². The summed E-state index contributed by atoms with van der Waals surface area (Å²) < 4.78 is 0. The number of likely N-dealkylation sites (N-methyl/N-ethyl adjacent to an activating group) is 1. The van der Waals surface area contributed by atoms with Crippen molar-refractivity contribution in [3.63, 3.8) is 0 Å². The largest absolute Gasteiger partial charge is 0.340 e. The van der Waals surface area contributed by atoms with Gasteiger partial charge in [-0.05, 0) is 26.0 Å². The van der Waals surface area contributed by atoms with E-state index in [1.807, 2.05) is 11.8 Å². The third-order valence-electron chi connectivity index (χ3n) is 5.22. The molecule has 30 heavy (non-hydrogen) atoms. The average molecular weight is 435 g/mol. The van der Waals surface area contributed by atoms with Crippen LogP contribution in [-0.2, 0) is 16.0 Å². The molecule has 7 nitrogen and oxygen atoms in total. The zero-order valence-electron chi connectivity index (χ0n) is 18.4. The third-order valence-corrected chi connectivity index (χ3v) is 6.01. The smallest absolute Gasteiger partial charge is 0.317 e. The van der Waals surface area contributed by atoms with Crippen molar-refractivity contribution in [3.05, 3.63) is 35.4 Å². The highest BCUT2D eigenvalue weighted by Gasteiger charge is 2.19. The highest BCUT2D eigenvalue weighted by molar-refractivity contribution is 8.13. The Kier molecular flexibility index (Phi) is 10.2. The lowest BCUT2D eigenvalue weighted by Crippen LogP contribution is -2.48. The summed E-state index contributed by atoms with van der Waals surface area (Å²) in [7, 11) is 2.05. The third kappa shape index (κ3) is 8.75. The van der Waals surface area contributed by atoms with Crippen LogP contribution in [-0.4, -0.2) is 90.4 Å². The number of urea groups is 1. The van der Waals surface area contributed by atoms with Gasteiger partial charge in [-0.2, -0.15) is 0 Å². The Labute approximate surface area is 184 Å². The van der Waals surface area contributed by atoms with E-state index >= 15 is 0 Å². The first-order chi connectivity index (χ1) is 14.3. The number of piperazine rings is 1. The number of carbonyl (C=O) groups excluding carboxylic acids is 3. The van der Waals surface area contributed by atoms with Gasteiger partial charge >= 0.3 is 6.03 Å². The lowest BCUT2D eigenvalue weighted by atomic mass is 10.1. The monoisotopic (exact) mass is 434 g/mol. The number of rotatable bonds is 9. The topological polar surface area (TPSA) is 73.0 Å². The van der Waals surface area contributed by atoms with Gasteiger partial charge in [-0.3, -0.25) is 9.59 Å². The maximum atomic E-state index is 12.7. The van der Waals surface area contributed by atoms with Gasteiger partial charge in [-0.15, -0.1) is 0 Å². The number of nitrogens with zero attached hydrogens (tertiary/aromatic N) is 3. The number of nitrogens with one attached hydrogen (secondary N) is 1. The van der Waals surface area contributed by atoms with Crippen molar-refractivity contribution >= 4 is 28.8 Å². The number of thioether (sulfide) groups is 1. The Morgan fingerprint density at radius 2 is 1.73 bits per heavy atom. The molecule has 0 bridgehead atoms. The fourth-order valence-electron chi connectivity index (χ4n) is 3.24. The molecular weight excluding hydrogens is 400 g/mol. The van der Waals surface area contributed by atoms with Crippen molar-refractivity contribution in [3.8, 4) is 0 Å². The number of benzene rings is 1. The molecule has 1 saturated heterocycles. The molecule has 0 spiro atoms. The molecule has 1 aromatic carbocycles. The second kappa shape index (κ2) is 12.6. The highest BCUT2D eigenvalue weighted by Crippen LogP contribution is 2.08. The minimum absolute atomic E-state index is 0.0478. The van der Waals surface area contributed by atoms with Gasteiger partial charge in [0.2, 0.25) is 5.91 Å². The molecule has 1 fully saturated rings. The van der Waals surface area contributed by atoms with Crippen LogP contribution in [0, 0.1) is 6.92 Å². The van der Waals surface area contributed by atoms with E-state index in [0.29, 0.717) is 31.8 Å². The molecule has 2 rings (SSSR count). The predicted molar refractivity (Wildman–Crippen MR) is 122 cm³/mol. The lowest BCUT2D eigenvalue weighted by Gasteiger charge is -2.32. The molecule has 1 aliphatic heterocycles. The van der Waals surface area contributed by atoms with Crippen LogP contribution in [0.1, 0.15) is 24.5 Å². The van der Waals surface area contributed by atoms with Crippen LogP contribution < -0.4 is 5.32 Å². The molecule has 1 aromatic rings. The van der Waals surface area contributed by atoms with Gasteiger partial charge < -0.3 is 20.0 Å². The van der Waals surface area contributed by atoms with E-state index in [2.05, 4.69) is 41.5 Å². The standard InChI is InChI=1S/C22H34N4O3S/c1-18-4-6-20(7-5-18)9-11-26(16-17-30-19(2)27)22(29)23-10-8-21(28)25-14-12-24(3)13-15-25/h4-7H,8-17H2,1-3H3,(H,23,29). The van der Waals surface area contributed by atoms with Gasteiger partial charge in [-0.25, -0.2) is 4.79 Å². The minimum Gasteiger partial charge on any atom is -0.340 e. The average Bonchev–Trinajstić information content (AvgIpc) is 2.71. The van der Waals surface area contributed by atoms with Crippen LogP contribution >= 0.6 is 11.8 Å². The van der Waals surface area contributed by atoms with Gasteiger partial charge in [0, 0.05) is 64.9 Å². The van der Waals surface area contributed by atoms with Crippen LogP contribution in [0.2, 0.25) is 0 Å². The summed E-state index contributed by atoms with van der Waals surface area (Å²) in [6.07, 6.45) is 1.06. The SMILES string of the molecule is CC(=O)SCCN(CCc1ccc(C)cc1)C(=O)NCCC(=O)N1CCN(C)CC1. The first kappa shape index (κ1) is 24.2. The highest BCUT2D eigenvalue weighted by atomic mass is 32.2. The quantitative estimate of drug-likeness (QED) is 0.644. The fourth-order valence-corrected chi connectivity index (χ4v) is 3.83. The molecule has 166 valence electrons. The minimum atomic E-state index is -0.183. The molecule has 0 aromatic heterocycles. The molecule has 1 N–H and O–H groups in total. The normalized spacial score (nSPS) is 14.4. The first-order valence-electron chi connectivity index (χ1n) is 10.5. The predicted octanol–water partition coefficient (Wildman–Crippen LogP) is 1.99. The Morgan fingerprint density at radius 3 is 2.37 bits per heavy atom. The summed E-state index contributed by atoms with van der Waals surface area (Å²) in [6.45, 7) is 8.23.